The Hall–Kier alpha value is -2.21. The molecule has 128 valence electrons. The van der Waals surface area contributed by atoms with Crippen LogP contribution in [0.5, 0.6) is 0 Å². The third kappa shape index (κ3) is 4.41. The summed E-state index contributed by atoms with van der Waals surface area (Å²) in [6.07, 6.45) is 5.09. The van der Waals surface area contributed by atoms with Gasteiger partial charge in [-0.1, -0.05) is 42.0 Å². The summed E-state index contributed by atoms with van der Waals surface area (Å²) in [7, 11) is 0. The molecular formula is C18H25N5O. The Balaban J connectivity index is 1.53. The van der Waals surface area contributed by atoms with Crippen molar-refractivity contribution < 1.29 is 4.79 Å². The lowest BCUT2D eigenvalue weighted by Crippen LogP contribution is -2.49. The van der Waals surface area contributed by atoms with Gasteiger partial charge in [-0.15, -0.1) is 5.10 Å². The SMILES string of the molecule is Cc1cn(CCNC(=O)[C@@H]2CCCCN2Cc2ccccc2)nn1. The molecule has 1 aromatic heterocycles. The summed E-state index contributed by atoms with van der Waals surface area (Å²) in [5, 5.41) is 11.0. The first-order chi connectivity index (χ1) is 11.7. The van der Waals surface area contributed by atoms with Crippen LogP contribution < -0.4 is 5.32 Å². The predicted octanol–water partition coefficient (Wildman–Crippen LogP) is 1.76. The van der Waals surface area contributed by atoms with Crippen LogP contribution >= 0.6 is 0 Å². The fraction of sp³-hybridized carbons (Fsp3) is 0.500. The van der Waals surface area contributed by atoms with Crippen LogP contribution in [0, 0.1) is 6.92 Å². The summed E-state index contributed by atoms with van der Waals surface area (Å²) in [6.45, 7) is 4.96. The number of carbonyl (C=O) groups is 1. The number of aryl methyl sites for hydroxylation is 1. The number of amides is 1. The van der Waals surface area contributed by atoms with Gasteiger partial charge < -0.3 is 5.32 Å². The van der Waals surface area contributed by atoms with Crippen molar-refractivity contribution in [1.82, 2.24) is 25.2 Å². The first-order valence-electron chi connectivity index (χ1n) is 8.65. The molecule has 1 fully saturated rings. The number of likely N-dealkylation sites (tertiary alicyclic amines) is 1. The highest BCUT2D eigenvalue weighted by Crippen LogP contribution is 2.19. The van der Waals surface area contributed by atoms with Gasteiger partial charge in [-0.05, 0) is 31.9 Å². The number of hydrogen-bond acceptors (Lipinski definition) is 4. The van der Waals surface area contributed by atoms with Gasteiger partial charge in [-0.25, -0.2) is 0 Å². The van der Waals surface area contributed by atoms with Gasteiger partial charge in [0, 0.05) is 19.3 Å². The molecule has 1 aliphatic rings. The number of hydrogen-bond donors (Lipinski definition) is 1. The molecule has 0 saturated carbocycles. The van der Waals surface area contributed by atoms with Gasteiger partial charge in [0.15, 0.2) is 0 Å². The zero-order valence-electron chi connectivity index (χ0n) is 14.2. The molecule has 1 atom stereocenters. The molecule has 1 saturated heterocycles. The lowest BCUT2D eigenvalue weighted by molar-refractivity contribution is -0.127. The van der Waals surface area contributed by atoms with Crippen molar-refractivity contribution in [2.45, 2.75) is 45.3 Å². The highest BCUT2D eigenvalue weighted by molar-refractivity contribution is 5.81. The maximum Gasteiger partial charge on any atom is 0.237 e. The van der Waals surface area contributed by atoms with Crippen LogP contribution in [0.25, 0.3) is 0 Å². The van der Waals surface area contributed by atoms with Gasteiger partial charge in [0.25, 0.3) is 0 Å². The summed E-state index contributed by atoms with van der Waals surface area (Å²) in [4.78, 5) is 14.9. The summed E-state index contributed by atoms with van der Waals surface area (Å²) in [6, 6.07) is 10.3. The Morgan fingerprint density at radius 1 is 1.29 bits per heavy atom. The highest BCUT2D eigenvalue weighted by Gasteiger charge is 2.28. The van der Waals surface area contributed by atoms with Crippen molar-refractivity contribution in [1.29, 1.82) is 0 Å². The van der Waals surface area contributed by atoms with Crippen molar-refractivity contribution in [3.05, 3.63) is 47.8 Å². The Morgan fingerprint density at radius 3 is 2.88 bits per heavy atom. The molecule has 0 bridgehead atoms. The van der Waals surface area contributed by atoms with Gasteiger partial charge in [-0.2, -0.15) is 0 Å². The van der Waals surface area contributed by atoms with Crippen LogP contribution in [0.4, 0.5) is 0 Å². The highest BCUT2D eigenvalue weighted by atomic mass is 16.2. The topological polar surface area (TPSA) is 63.1 Å². The van der Waals surface area contributed by atoms with E-state index in [2.05, 4.69) is 44.8 Å². The molecule has 0 spiro atoms. The Kier molecular flexibility index (Phi) is 5.59. The Labute approximate surface area is 142 Å². The van der Waals surface area contributed by atoms with Crippen molar-refractivity contribution in [3.8, 4) is 0 Å². The molecule has 1 aliphatic heterocycles. The summed E-state index contributed by atoms with van der Waals surface area (Å²) >= 11 is 0. The summed E-state index contributed by atoms with van der Waals surface area (Å²) in [5.74, 6) is 0.127. The largest absolute Gasteiger partial charge is 0.353 e. The zero-order chi connectivity index (χ0) is 16.8. The lowest BCUT2D eigenvalue weighted by Gasteiger charge is -2.34. The molecule has 0 unspecified atom stereocenters. The number of nitrogens with one attached hydrogen (secondary N) is 1. The molecule has 6 heteroatoms. The second-order valence-electron chi connectivity index (χ2n) is 6.38. The normalized spacial score (nSPS) is 18.5. The quantitative estimate of drug-likeness (QED) is 0.878. The minimum atomic E-state index is -0.0311. The Morgan fingerprint density at radius 2 is 2.12 bits per heavy atom. The first kappa shape index (κ1) is 16.6. The molecule has 1 aromatic carbocycles. The maximum absolute atomic E-state index is 12.6. The van der Waals surface area contributed by atoms with E-state index in [4.69, 9.17) is 0 Å². The van der Waals surface area contributed by atoms with E-state index < -0.39 is 0 Å². The molecule has 3 rings (SSSR count). The first-order valence-corrected chi connectivity index (χ1v) is 8.65. The maximum atomic E-state index is 12.6. The van der Waals surface area contributed by atoms with E-state index in [1.54, 1.807) is 4.68 Å². The second-order valence-corrected chi connectivity index (χ2v) is 6.38. The minimum absolute atomic E-state index is 0.0311. The number of piperidine rings is 1. The van der Waals surface area contributed by atoms with E-state index in [1.807, 2.05) is 19.2 Å². The second kappa shape index (κ2) is 8.06. The molecule has 2 aromatic rings. The van der Waals surface area contributed by atoms with E-state index in [0.29, 0.717) is 13.1 Å². The van der Waals surface area contributed by atoms with Gasteiger partial charge in [-0.3, -0.25) is 14.4 Å². The molecular weight excluding hydrogens is 302 g/mol. The Bertz CT molecular complexity index is 654. The molecule has 1 N–H and O–H groups in total. The minimum Gasteiger partial charge on any atom is -0.353 e. The van der Waals surface area contributed by atoms with Gasteiger partial charge >= 0.3 is 0 Å². The average molecular weight is 327 g/mol. The number of nitrogens with zero attached hydrogens (tertiary/aromatic N) is 4. The molecule has 0 aliphatic carbocycles. The third-order valence-electron chi connectivity index (χ3n) is 4.44. The van der Waals surface area contributed by atoms with Crippen molar-refractivity contribution >= 4 is 5.91 Å². The zero-order valence-corrected chi connectivity index (χ0v) is 14.2. The van der Waals surface area contributed by atoms with Crippen LogP contribution in [0.15, 0.2) is 36.5 Å². The van der Waals surface area contributed by atoms with Crippen LogP contribution in [-0.2, 0) is 17.9 Å². The van der Waals surface area contributed by atoms with Crippen LogP contribution in [0.2, 0.25) is 0 Å². The standard InChI is InChI=1S/C18H25N5O/c1-15-13-23(21-20-15)12-10-19-18(24)17-9-5-6-11-22(17)14-16-7-3-2-4-8-16/h2-4,7-8,13,17H,5-6,9-12,14H2,1H3,(H,19,24)/t17-/m0/s1. The van der Waals surface area contributed by atoms with Crippen molar-refractivity contribution in [2.75, 3.05) is 13.1 Å². The molecule has 24 heavy (non-hydrogen) atoms. The number of rotatable bonds is 6. The summed E-state index contributed by atoms with van der Waals surface area (Å²) < 4.78 is 1.76. The van der Waals surface area contributed by atoms with Crippen LogP contribution in [-0.4, -0.2) is 44.9 Å². The fourth-order valence-corrected chi connectivity index (χ4v) is 3.21. The fourth-order valence-electron chi connectivity index (χ4n) is 3.21. The number of aromatic nitrogens is 3. The van der Waals surface area contributed by atoms with E-state index in [0.717, 1.165) is 38.0 Å². The van der Waals surface area contributed by atoms with Gasteiger partial charge in [0.1, 0.15) is 0 Å². The van der Waals surface area contributed by atoms with E-state index >= 15 is 0 Å². The average Bonchev–Trinajstić information content (AvgIpc) is 3.01. The van der Waals surface area contributed by atoms with Crippen LogP contribution in [0.3, 0.4) is 0 Å². The molecule has 1 amide bonds. The van der Waals surface area contributed by atoms with Crippen molar-refractivity contribution in [3.63, 3.8) is 0 Å². The lowest BCUT2D eigenvalue weighted by atomic mass is 10.0. The molecule has 0 radical (unpaired) electrons. The van der Waals surface area contributed by atoms with E-state index in [1.165, 1.54) is 5.56 Å². The smallest absolute Gasteiger partial charge is 0.237 e. The molecule has 6 nitrogen and oxygen atoms in total. The molecule has 2 heterocycles. The third-order valence-corrected chi connectivity index (χ3v) is 4.44. The predicted molar refractivity (Wildman–Crippen MR) is 92.3 cm³/mol. The van der Waals surface area contributed by atoms with Gasteiger partial charge in [0.2, 0.25) is 5.91 Å². The van der Waals surface area contributed by atoms with E-state index in [-0.39, 0.29) is 11.9 Å². The monoisotopic (exact) mass is 327 g/mol. The van der Waals surface area contributed by atoms with Crippen molar-refractivity contribution in [2.24, 2.45) is 0 Å². The van der Waals surface area contributed by atoms with Gasteiger partial charge in [0.05, 0.1) is 18.3 Å². The number of carbonyl (C=O) groups excluding carboxylic acids is 1. The summed E-state index contributed by atoms with van der Waals surface area (Å²) in [5.41, 5.74) is 2.15. The van der Waals surface area contributed by atoms with E-state index in [9.17, 15) is 4.79 Å². The van der Waals surface area contributed by atoms with Crippen LogP contribution in [0.1, 0.15) is 30.5 Å². The number of benzene rings is 1.